The van der Waals surface area contributed by atoms with Gasteiger partial charge in [0.2, 0.25) is 10.0 Å². The fourth-order valence-corrected chi connectivity index (χ4v) is 2.02. The number of hydrogen-bond donors (Lipinski definition) is 3. The maximum absolute atomic E-state index is 11.6. The number of rotatable bonds is 4. The molecule has 1 atom stereocenters. The molecule has 0 aromatic heterocycles. The van der Waals surface area contributed by atoms with Crippen LogP contribution in [0.2, 0.25) is 0 Å². The van der Waals surface area contributed by atoms with Crippen LogP contribution in [0.5, 0.6) is 0 Å². The van der Waals surface area contributed by atoms with Crippen molar-refractivity contribution in [3.63, 3.8) is 0 Å². The summed E-state index contributed by atoms with van der Waals surface area (Å²) in [5, 5.41) is 7.14. The van der Waals surface area contributed by atoms with Crippen molar-refractivity contribution in [3.8, 4) is 0 Å². The number of aryl methyl sites for hydroxylation is 1. The molecule has 6 nitrogen and oxygen atoms in total. The summed E-state index contributed by atoms with van der Waals surface area (Å²) in [5.74, 6) is -1.40. The number of carbonyl (C=O) groups is 1. The van der Waals surface area contributed by atoms with Gasteiger partial charge in [-0.25, -0.2) is 8.42 Å². The van der Waals surface area contributed by atoms with Crippen LogP contribution in [0.3, 0.4) is 0 Å². The number of carboxylic acid groups (broad SMARTS) is 1. The number of nitrogen functional groups attached to an aromatic ring is 1. The Hall–Kier alpha value is -1.76. The van der Waals surface area contributed by atoms with E-state index in [0.29, 0.717) is 16.9 Å². The number of sulfonamides is 1. The maximum Gasteiger partial charge on any atom is 0.323 e. The first kappa shape index (κ1) is 13.3. The maximum atomic E-state index is 11.6. The Kier molecular flexibility index (Phi) is 3.62. The smallest absolute Gasteiger partial charge is 0.323 e. The molecule has 0 spiro atoms. The van der Waals surface area contributed by atoms with Crippen LogP contribution in [0, 0.1) is 6.92 Å². The molecule has 4 N–H and O–H groups in total. The topological polar surface area (TPSA) is 109 Å². The van der Waals surface area contributed by atoms with Gasteiger partial charge in [0.15, 0.2) is 5.25 Å². The van der Waals surface area contributed by atoms with Crippen molar-refractivity contribution in [2.24, 2.45) is 0 Å². The van der Waals surface area contributed by atoms with Gasteiger partial charge >= 0.3 is 5.97 Å². The fraction of sp³-hybridized carbons (Fsp3) is 0.300. The summed E-state index contributed by atoms with van der Waals surface area (Å²) in [6, 6.07) is 4.58. The first-order valence-corrected chi connectivity index (χ1v) is 6.39. The predicted octanol–water partition coefficient (Wildman–Crippen LogP) is 0.792. The van der Waals surface area contributed by atoms with Crippen LogP contribution in [-0.2, 0) is 14.8 Å². The molecule has 0 fully saturated rings. The van der Waals surface area contributed by atoms with Crippen molar-refractivity contribution in [2.45, 2.75) is 19.1 Å². The van der Waals surface area contributed by atoms with Gasteiger partial charge in [0.1, 0.15) is 0 Å². The van der Waals surface area contributed by atoms with Crippen molar-refractivity contribution in [1.82, 2.24) is 0 Å². The largest absolute Gasteiger partial charge is 0.480 e. The predicted molar refractivity (Wildman–Crippen MR) is 65.2 cm³/mol. The van der Waals surface area contributed by atoms with E-state index in [0.717, 1.165) is 6.92 Å². The van der Waals surface area contributed by atoms with Gasteiger partial charge in [-0.1, -0.05) is 0 Å². The molecular formula is C10H14N2O4S. The Balaban J connectivity index is 2.98. The van der Waals surface area contributed by atoms with Gasteiger partial charge in [-0.3, -0.25) is 9.52 Å². The second-order valence-corrected chi connectivity index (χ2v) is 5.70. The zero-order valence-electron chi connectivity index (χ0n) is 9.47. The molecule has 1 unspecified atom stereocenters. The van der Waals surface area contributed by atoms with E-state index in [4.69, 9.17) is 10.8 Å². The van der Waals surface area contributed by atoms with Crippen molar-refractivity contribution in [1.29, 1.82) is 0 Å². The monoisotopic (exact) mass is 258 g/mol. The van der Waals surface area contributed by atoms with Crippen molar-refractivity contribution in [2.75, 3.05) is 10.5 Å². The van der Waals surface area contributed by atoms with Crippen LogP contribution < -0.4 is 10.5 Å². The Morgan fingerprint density at radius 2 is 2.06 bits per heavy atom. The van der Waals surface area contributed by atoms with E-state index in [2.05, 4.69) is 4.72 Å². The Morgan fingerprint density at radius 1 is 1.47 bits per heavy atom. The third kappa shape index (κ3) is 3.10. The van der Waals surface area contributed by atoms with Crippen LogP contribution in [0.25, 0.3) is 0 Å². The lowest BCUT2D eigenvalue weighted by atomic mass is 10.2. The van der Waals surface area contributed by atoms with E-state index in [1.807, 2.05) is 0 Å². The van der Waals surface area contributed by atoms with Gasteiger partial charge in [0.05, 0.1) is 0 Å². The molecule has 0 amide bonds. The van der Waals surface area contributed by atoms with Crippen molar-refractivity contribution < 1.29 is 18.3 Å². The summed E-state index contributed by atoms with van der Waals surface area (Å²) in [7, 11) is -3.93. The van der Waals surface area contributed by atoms with Gasteiger partial charge in [-0.15, -0.1) is 0 Å². The lowest BCUT2D eigenvalue weighted by molar-refractivity contribution is -0.136. The van der Waals surface area contributed by atoms with E-state index in [1.54, 1.807) is 19.1 Å². The lowest BCUT2D eigenvalue weighted by Crippen LogP contribution is -2.32. The molecule has 7 heteroatoms. The van der Waals surface area contributed by atoms with Crippen LogP contribution in [0.15, 0.2) is 18.2 Å². The molecule has 0 saturated heterocycles. The van der Waals surface area contributed by atoms with Crippen LogP contribution in [0.4, 0.5) is 11.4 Å². The molecule has 0 saturated carbocycles. The zero-order chi connectivity index (χ0) is 13.2. The first-order chi connectivity index (χ1) is 7.74. The highest BCUT2D eigenvalue weighted by atomic mass is 32.2. The Morgan fingerprint density at radius 3 is 2.53 bits per heavy atom. The Bertz CT molecular complexity index is 539. The summed E-state index contributed by atoms with van der Waals surface area (Å²) >= 11 is 0. The molecule has 0 aliphatic heterocycles. The highest BCUT2D eigenvalue weighted by Gasteiger charge is 2.27. The van der Waals surface area contributed by atoms with Gasteiger partial charge < -0.3 is 10.8 Å². The number of nitrogens with two attached hydrogens (primary N) is 1. The quantitative estimate of drug-likeness (QED) is 0.692. The van der Waals surface area contributed by atoms with E-state index in [9.17, 15) is 13.2 Å². The fourth-order valence-electron chi connectivity index (χ4n) is 1.12. The van der Waals surface area contributed by atoms with Crippen molar-refractivity contribution in [3.05, 3.63) is 23.8 Å². The summed E-state index contributed by atoms with van der Waals surface area (Å²) in [5.41, 5.74) is 7.14. The second kappa shape index (κ2) is 4.62. The van der Waals surface area contributed by atoms with Crippen LogP contribution in [0.1, 0.15) is 12.5 Å². The van der Waals surface area contributed by atoms with Gasteiger partial charge in [-0.2, -0.15) is 0 Å². The van der Waals surface area contributed by atoms with E-state index < -0.39 is 21.2 Å². The third-order valence-electron chi connectivity index (χ3n) is 2.34. The molecule has 94 valence electrons. The van der Waals surface area contributed by atoms with E-state index >= 15 is 0 Å². The highest BCUT2D eigenvalue weighted by molar-refractivity contribution is 7.94. The molecule has 0 aliphatic carbocycles. The molecule has 0 radical (unpaired) electrons. The van der Waals surface area contributed by atoms with Gasteiger partial charge in [0, 0.05) is 11.4 Å². The molecule has 17 heavy (non-hydrogen) atoms. The van der Waals surface area contributed by atoms with Crippen LogP contribution >= 0.6 is 0 Å². The lowest BCUT2D eigenvalue weighted by Gasteiger charge is -2.12. The van der Waals surface area contributed by atoms with E-state index in [-0.39, 0.29) is 0 Å². The zero-order valence-corrected chi connectivity index (χ0v) is 10.3. The van der Waals surface area contributed by atoms with E-state index in [1.165, 1.54) is 6.07 Å². The normalized spacial score (nSPS) is 13.1. The number of hydrogen-bond acceptors (Lipinski definition) is 4. The molecule has 0 heterocycles. The van der Waals surface area contributed by atoms with Crippen molar-refractivity contribution >= 4 is 27.4 Å². The summed E-state index contributed by atoms with van der Waals surface area (Å²) < 4.78 is 25.4. The Labute approximate surface area is 99.5 Å². The molecule has 0 aliphatic rings. The average molecular weight is 258 g/mol. The molecular weight excluding hydrogens is 244 g/mol. The molecule has 1 aromatic carbocycles. The van der Waals surface area contributed by atoms with Gasteiger partial charge in [0.25, 0.3) is 0 Å². The summed E-state index contributed by atoms with van der Waals surface area (Å²) in [4.78, 5) is 10.6. The molecule has 1 rings (SSSR count). The average Bonchev–Trinajstić information content (AvgIpc) is 2.22. The second-order valence-electron chi connectivity index (χ2n) is 3.70. The van der Waals surface area contributed by atoms with Crippen LogP contribution in [-0.4, -0.2) is 24.7 Å². The summed E-state index contributed by atoms with van der Waals surface area (Å²) in [6.45, 7) is 2.84. The van der Waals surface area contributed by atoms with Gasteiger partial charge in [-0.05, 0) is 37.6 Å². The minimum absolute atomic E-state index is 0.296. The molecule has 1 aromatic rings. The summed E-state index contributed by atoms with van der Waals surface area (Å²) in [6.07, 6.45) is 0. The minimum Gasteiger partial charge on any atom is -0.480 e. The number of aliphatic carboxylic acids is 1. The number of benzene rings is 1. The highest BCUT2D eigenvalue weighted by Crippen LogP contribution is 2.18. The number of nitrogens with one attached hydrogen (secondary N) is 1. The standard InChI is InChI=1S/C10H14N2O4S/c1-6-5-8(3-4-9(6)11)12-17(15,16)7(2)10(13)14/h3-5,7,12H,11H2,1-2H3,(H,13,14). The number of carboxylic acids is 1. The molecule has 0 bridgehead atoms. The number of anilines is 2. The first-order valence-electron chi connectivity index (χ1n) is 4.84. The SMILES string of the molecule is Cc1cc(NS(=O)(=O)C(C)C(=O)O)ccc1N. The minimum atomic E-state index is -3.93. The third-order valence-corrected chi connectivity index (χ3v) is 4.00.